The van der Waals surface area contributed by atoms with E-state index in [0.29, 0.717) is 6.04 Å². The third-order valence-corrected chi connectivity index (χ3v) is 6.64. The molecule has 1 aliphatic heterocycles. The van der Waals surface area contributed by atoms with Crippen LogP contribution in [0.1, 0.15) is 57.6 Å². The molecular formula is C21H23N3O2S. The highest BCUT2D eigenvalue weighted by Crippen LogP contribution is 2.43. The molecule has 3 heterocycles. The number of rotatable bonds is 3. The van der Waals surface area contributed by atoms with E-state index in [1.165, 1.54) is 10.4 Å². The number of carbonyl (C=O) groups excluding carboxylic acids is 1. The second-order valence-electron chi connectivity index (χ2n) is 7.64. The van der Waals surface area contributed by atoms with Crippen LogP contribution >= 0.6 is 11.3 Å². The molecule has 2 aromatic heterocycles. The first-order chi connectivity index (χ1) is 13.0. The van der Waals surface area contributed by atoms with Crippen LogP contribution in [0.5, 0.6) is 5.75 Å². The number of benzene rings is 1. The van der Waals surface area contributed by atoms with Crippen LogP contribution in [0.4, 0.5) is 0 Å². The normalized spacial score (nSPS) is 19.0. The summed E-state index contributed by atoms with van der Waals surface area (Å²) in [5, 5.41) is 5.25. The lowest BCUT2D eigenvalue weighted by atomic mass is 9.93. The second-order valence-corrected chi connectivity index (χ2v) is 8.76. The van der Waals surface area contributed by atoms with Gasteiger partial charge in [0.05, 0.1) is 5.52 Å². The van der Waals surface area contributed by atoms with Gasteiger partial charge in [0.15, 0.2) is 5.75 Å². The van der Waals surface area contributed by atoms with Crippen molar-refractivity contribution in [3.63, 3.8) is 0 Å². The van der Waals surface area contributed by atoms with Crippen molar-refractivity contribution < 1.29 is 9.53 Å². The molecule has 1 fully saturated rings. The molecule has 5 rings (SSSR count). The number of aromatic nitrogens is 2. The van der Waals surface area contributed by atoms with E-state index >= 15 is 0 Å². The zero-order chi connectivity index (χ0) is 18.7. The molecule has 0 radical (unpaired) electrons. The van der Waals surface area contributed by atoms with E-state index in [9.17, 15) is 4.79 Å². The van der Waals surface area contributed by atoms with Gasteiger partial charge in [0.25, 0.3) is 5.91 Å². The van der Waals surface area contributed by atoms with Crippen LogP contribution in [0.3, 0.4) is 0 Å². The lowest BCUT2D eigenvalue weighted by molar-refractivity contribution is 0.0947. The summed E-state index contributed by atoms with van der Waals surface area (Å²) in [4.78, 5) is 18.9. The summed E-state index contributed by atoms with van der Waals surface area (Å²) in [6, 6.07) is 4.48. The highest BCUT2D eigenvalue weighted by molar-refractivity contribution is 7.10. The molecule has 1 atom stereocenters. The third-order valence-electron chi connectivity index (χ3n) is 5.78. The number of hydrogen-bond donors (Lipinski definition) is 1. The quantitative estimate of drug-likeness (QED) is 0.739. The van der Waals surface area contributed by atoms with Gasteiger partial charge in [-0.3, -0.25) is 4.79 Å². The van der Waals surface area contributed by atoms with Crippen LogP contribution in [-0.2, 0) is 13.5 Å². The van der Waals surface area contributed by atoms with Crippen molar-refractivity contribution in [2.24, 2.45) is 7.05 Å². The molecule has 27 heavy (non-hydrogen) atoms. The van der Waals surface area contributed by atoms with Gasteiger partial charge >= 0.3 is 0 Å². The van der Waals surface area contributed by atoms with Gasteiger partial charge < -0.3 is 14.6 Å². The fourth-order valence-corrected chi connectivity index (χ4v) is 4.70. The zero-order valence-electron chi connectivity index (χ0n) is 15.8. The van der Waals surface area contributed by atoms with Gasteiger partial charge in [0, 0.05) is 34.7 Å². The number of carbonyl (C=O) groups is 1. The Balaban J connectivity index is 1.64. The zero-order valence-corrected chi connectivity index (χ0v) is 16.7. The SMILES string of the molecule is Cc1sccc1[C@@H]1CCc2c(C(=O)NC3CC3)cc3c(nc(C)n3C)c2O1. The van der Waals surface area contributed by atoms with Crippen LogP contribution in [0, 0.1) is 13.8 Å². The summed E-state index contributed by atoms with van der Waals surface area (Å²) < 4.78 is 8.54. The van der Waals surface area contributed by atoms with Crippen molar-refractivity contribution in [2.45, 2.75) is 51.7 Å². The minimum Gasteiger partial charge on any atom is -0.483 e. The highest BCUT2D eigenvalue weighted by Gasteiger charge is 2.32. The lowest BCUT2D eigenvalue weighted by Gasteiger charge is -2.28. The molecule has 1 aromatic carbocycles. The molecule has 1 amide bonds. The van der Waals surface area contributed by atoms with E-state index in [2.05, 4.69) is 23.7 Å². The Labute approximate surface area is 162 Å². The van der Waals surface area contributed by atoms with Crippen LogP contribution in [-0.4, -0.2) is 21.5 Å². The fourth-order valence-electron chi connectivity index (χ4n) is 3.94. The monoisotopic (exact) mass is 381 g/mol. The molecule has 1 N–H and O–H groups in total. The Bertz CT molecular complexity index is 1060. The van der Waals surface area contributed by atoms with E-state index in [0.717, 1.165) is 59.4 Å². The summed E-state index contributed by atoms with van der Waals surface area (Å²) in [6.45, 7) is 4.12. The van der Waals surface area contributed by atoms with Crippen molar-refractivity contribution in [1.82, 2.24) is 14.9 Å². The molecule has 0 spiro atoms. The van der Waals surface area contributed by atoms with E-state index < -0.39 is 0 Å². The molecule has 3 aromatic rings. The number of fused-ring (bicyclic) bond motifs is 3. The first kappa shape index (κ1) is 16.8. The van der Waals surface area contributed by atoms with Gasteiger partial charge in [0.2, 0.25) is 0 Å². The van der Waals surface area contributed by atoms with Crippen LogP contribution in [0.2, 0.25) is 0 Å². The number of hydrogen-bond acceptors (Lipinski definition) is 4. The maximum Gasteiger partial charge on any atom is 0.251 e. The fraction of sp³-hybridized carbons (Fsp3) is 0.429. The van der Waals surface area contributed by atoms with E-state index in [4.69, 9.17) is 9.72 Å². The molecule has 0 unspecified atom stereocenters. The molecule has 1 aliphatic carbocycles. The van der Waals surface area contributed by atoms with Crippen molar-refractivity contribution in [3.05, 3.63) is 44.9 Å². The third kappa shape index (κ3) is 2.74. The molecule has 0 bridgehead atoms. The van der Waals surface area contributed by atoms with Crippen LogP contribution < -0.4 is 10.1 Å². The molecule has 5 nitrogen and oxygen atoms in total. The Morgan fingerprint density at radius 1 is 1.33 bits per heavy atom. The van der Waals surface area contributed by atoms with Crippen LogP contribution in [0.25, 0.3) is 11.0 Å². The Kier molecular flexibility index (Phi) is 3.79. The molecule has 0 saturated heterocycles. The van der Waals surface area contributed by atoms with Crippen molar-refractivity contribution in [3.8, 4) is 5.75 Å². The summed E-state index contributed by atoms with van der Waals surface area (Å²) in [5.74, 6) is 1.73. The minimum absolute atomic E-state index is 0.0169. The van der Waals surface area contributed by atoms with E-state index in [1.54, 1.807) is 11.3 Å². The summed E-state index contributed by atoms with van der Waals surface area (Å²) >= 11 is 1.75. The largest absolute Gasteiger partial charge is 0.483 e. The Hall–Kier alpha value is -2.34. The molecule has 1 saturated carbocycles. The predicted molar refractivity (Wildman–Crippen MR) is 107 cm³/mol. The minimum atomic E-state index is 0.0169. The average Bonchev–Trinajstić information content (AvgIpc) is 3.29. The van der Waals surface area contributed by atoms with Crippen molar-refractivity contribution in [2.75, 3.05) is 0 Å². The number of aryl methyl sites for hydroxylation is 3. The molecular weight excluding hydrogens is 358 g/mol. The second kappa shape index (κ2) is 6.09. The van der Waals surface area contributed by atoms with E-state index in [-0.39, 0.29) is 12.0 Å². The first-order valence-electron chi connectivity index (χ1n) is 9.53. The van der Waals surface area contributed by atoms with Gasteiger partial charge in [-0.05, 0) is 57.0 Å². The number of amides is 1. The molecule has 140 valence electrons. The van der Waals surface area contributed by atoms with Gasteiger partial charge in [-0.2, -0.15) is 0 Å². The average molecular weight is 382 g/mol. The summed E-state index contributed by atoms with van der Waals surface area (Å²) in [7, 11) is 1.99. The standard InChI is InChI=1S/C21H23N3O2S/c1-11-14(8-9-27-11)18-7-6-15-16(21(25)23-13-4-5-13)10-17-19(20(15)26-18)22-12(2)24(17)3/h8-10,13,18H,4-7H2,1-3H3,(H,23,25)/t18-/m0/s1. The number of imidazole rings is 1. The summed E-state index contributed by atoms with van der Waals surface area (Å²) in [5.41, 5.74) is 4.82. The van der Waals surface area contributed by atoms with E-state index in [1.807, 2.05) is 24.6 Å². The lowest BCUT2D eigenvalue weighted by Crippen LogP contribution is -2.28. The topological polar surface area (TPSA) is 56.2 Å². The predicted octanol–water partition coefficient (Wildman–Crippen LogP) is 4.21. The van der Waals surface area contributed by atoms with Crippen molar-refractivity contribution in [1.29, 1.82) is 0 Å². The molecule has 6 heteroatoms. The Morgan fingerprint density at radius 3 is 2.85 bits per heavy atom. The molecule has 2 aliphatic rings. The smallest absolute Gasteiger partial charge is 0.251 e. The van der Waals surface area contributed by atoms with Gasteiger partial charge in [-0.25, -0.2) is 4.98 Å². The maximum atomic E-state index is 12.9. The Morgan fingerprint density at radius 2 is 2.15 bits per heavy atom. The van der Waals surface area contributed by atoms with Crippen molar-refractivity contribution >= 4 is 28.3 Å². The number of ether oxygens (including phenoxy) is 1. The van der Waals surface area contributed by atoms with Gasteiger partial charge in [-0.1, -0.05) is 0 Å². The van der Waals surface area contributed by atoms with Gasteiger partial charge in [-0.15, -0.1) is 11.3 Å². The van der Waals surface area contributed by atoms with Crippen LogP contribution in [0.15, 0.2) is 17.5 Å². The number of nitrogens with one attached hydrogen (secondary N) is 1. The highest BCUT2D eigenvalue weighted by atomic mass is 32.1. The number of thiophene rings is 1. The summed E-state index contributed by atoms with van der Waals surface area (Å²) in [6.07, 6.45) is 3.89. The number of nitrogens with zero attached hydrogens (tertiary/aromatic N) is 2. The first-order valence-corrected chi connectivity index (χ1v) is 10.4. The maximum absolute atomic E-state index is 12.9. The van der Waals surface area contributed by atoms with Gasteiger partial charge in [0.1, 0.15) is 17.4 Å².